The molecule has 19 heavy (non-hydrogen) atoms. The van der Waals surface area contributed by atoms with Crippen LogP contribution in [0.15, 0.2) is 24.3 Å². The first-order valence-corrected chi connectivity index (χ1v) is 7.28. The number of benzene rings is 1. The lowest BCUT2D eigenvalue weighted by atomic mass is 9.98. The number of rotatable bonds is 4. The van der Waals surface area contributed by atoms with E-state index in [9.17, 15) is 4.39 Å². The molecule has 1 fully saturated rings. The van der Waals surface area contributed by atoms with E-state index in [0.717, 1.165) is 31.6 Å². The molecular weight excluding hydrogens is 239 g/mol. The lowest BCUT2D eigenvalue weighted by molar-refractivity contribution is 0.104. The SMILES string of the molecule is CC1CN(CCc2ccccc2F)C(C(C)C)CN1. The number of piperazine rings is 1. The second-order valence-electron chi connectivity index (χ2n) is 5.96. The molecule has 2 rings (SSSR count). The fourth-order valence-electron chi connectivity index (χ4n) is 2.88. The van der Waals surface area contributed by atoms with Crippen LogP contribution in [0.25, 0.3) is 0 Å². The van der Waals surface area contributed by atoms with Gasteiger partial charge in [0.1, 0.15) is 5.82 Å². The van der Waals surface area contributed by atoms with Gasteiger partial charge >= 0.3 is 0 Å². The molecule has 3 heteroatoms. The molecule has 1 heterocycles. The van der Waals surface area contributed by atoms with Gasteiger partial charge in [0.15, 0.2) is 0 Å². The van der Waals surface area contributed by atoms with E-state index in [2.05, 4.69) is 31.0 Å². The highest BCUT2D eigenvalue weighted by molar-refractivity contribution is 5.17. The molecule has 0 spiro atoms. The lowest BCUT2D eigenvalue weighted by Gasteiger charge is -2.41. The number of hydrogen-bond acceptors (Lipinski definition) is 2. The summed E-state index contributed by atoms with van der Waals surface area (Å²) in [6.45, 7) is 9.77. The summed E-state index contributed by atoms with van der Waals surface area (Å²) in [6, 6.07) is 8.20. The summed E-state index contributed by atoms with van der Waals surface area (Å²) in [6.07, 6.45) is 0.794. The van der Waals surface area contributed by atoms with Gasteiger partial charge in [-0.25, -0.2) is 4.39 Å². The Morgan fingerprint density at radius 3 is 2.79 bits per heavy atom. The molecule has 1 N–H and O–H groups in total. The Labute approximate surface area is 116 Å². The van der Waals surface area contributed by atoms with Crippen molar-refractivity contribution in [2.75, 3.05) is 19.6 Å². The highest BCUT2D eigenvalue weighted by Crippen LogP contribution is 2.16. The van der Waals surface area contributed by atoms with Gasteiger partial charge in [-0.1, -0.05) is 32.0 Å². The molecule has 1 aliphatic rings. The number of hydrogen-bond donors (Lipinski definition) is 1. The van der Waals surface area contributed by atoms with E-state index in [-0.39, 0.29) is 5.82 Å². The smallest absolute Gasteiger partial charge is 0.126 e. The minimum Gasteiger partial charge on any atom is -0.311 e. The molecule has 2 unspecified atom stereocenters. The predicted octanol–water partition coefficient (Wildman–Crippen LogP) is 2.69. The third-order valence-corrected chi connectivity index (χ3v) is 4.05. The molecule has 1 aromatic carbocycles. The van der Waals surface area contributed by atoms with Crippen molar-refractivity contribution in [3.05, 3.63) is 35.6 Å². The van der Waals surface area contributed by atoms with Gasteiger partial charge in [0.2, 0.25) is 0 Å². The molecule has 0 aromatic heterocycles. The molecule has 106 valence electrons. The summed E-state index contributed by atoms with van der Waals surface area (Å²) >= 11 is 0. The molecule has 2 atom stereocenters. The standard InChI is InChI=1S/C16H25FN2/c1-12(2)16-10-18-13(3)11-19(16)9-8-14-6-4-5-7-15(14)17/h4-7,12-13,16,18H,8-11H2,1-3H3. The Kier molecular flexibility index (Phi) is 4.94. The van der Waals surface area contributed by atoms with Gasteiger partial charge < -0.3 is 5.32 Å². The predicted molar refractivity (Wildman–Crippen MR) is 77.8 cm³/mol. The van der Waals surface area contributed by atoms with Crippen molar-refractivity contribution in [3.8, 4) is 0 Å². The maximum atomic E-state index is 13.6. The average Bonchev–Trinajstić information content (AvgIpc) is 2.37. The first kappa shape index (κ1) is 14.5. The first-order valence-electron chi connectivity index (χ1n) is 7.28. The van der Waals surface area contributed by atoms with Crippen LogP contribution in [0, 0.1) is 11.7 Å². The minimum atomic E-state index is -0.0771. The molecule has 0 radical (unpaired) electrons. The van der Waals surface area contributed by atoms with Gasteiger partial charge in [-0.3, -0.25) is 4.90 Å². The molecule has 0 aliphatic carbocycles. The van der Waals surface area contributed by atoms with E-state index in [1.54, 1.807) is 12.1 Å². The van der Waals surface area contributed by atoms with Crippen molar-refractivity contribution < 1.29 is 4.39 Å². The fourth-order valence-corrected chi connectivity index (χ4v) is 2.88. The van der Waals surface area contributed by atoms with Gasteiger partial charge in [-0.05, 0) is 30.9 Å². The summed E-state index contributed by atoms with van der Waals surface area (Å²) in [5, 5.41) is 3.54. The van der Waals surface area contributed by atoms with Gasteiger partial charge in [0.05, 0.1) is 0 Å². The Balaban J connectivity index is 1.97. The zero-order valence-electron chi connectivity index (χ0n) is 12.2. The van der Waals surface area contributed by atoms with Crippen LogP contribution in [0.3, 0.4) is 0 Å². The highest BCUT2D eigenvalue weighted by Gasteiger charge is 2.27. The molecule has 0 saturated carbocycles. The van der Waals surface area contributed by atoms with E-state index in [0.29, 0.717) is 18.0 Å². The van der Waals surface area contributed by atoms with Crippen LogP contribution in [-0.2, 0) is 6.42 Å². The van der Waals surface area contributed by atoms with Crippen molar-refractivity contribution in [1.29, 1.82) is 0 Å². The molecule has 1 aromatic rings. The van der Waals surface area contributed by atoms with Crippen LogP contribution < -0.4 is 5.32 Å². The summed E-state index contributed by atoms with van der Waals surface area (Å²) in [7, 11) is 0. The van der Waals surface area contributed by atoms with E-state index >= 15 is 0 Å². The van der Waals surface area contributed by atoms with Crippen molar-refractivity contribution in [1.82, 2.24) is 10.2 Å². The van der Waals surface area contributed by atoms with Crippen LogP contribution in [0.1, 0.15) is 26.3 Å². The van der Waals surface area contributed by atoms with Crippen molar-refractivity contribution in [3.63, 3.8) is 0 Å². The molecule has 0 amide bonds. The third kappa shape index (κ3) is 3.77. The minimum absolute atomic E-state index is 0.0771. The van der Waals surface area contributed by atoms with E-state index in [4.69, 9.17) is 0 Å². The second kappa shape index (κ2) is 6.49. The maximum absolute atomic E-state index is 13.6. The summed E-state index contributed by atoms with van der Waals surface area (Å²) in [4.78, 5) is 2.51. The van der Waals surface area contributed by atoms with Crippen LogP contribution in [0.5, 0.6) is 0 Å². The highest BCUT2D eigenvalue weighted by atomic mass is 19.1. The Bertz CT molecular complexity index is 405. The van der Waals surface area contributed by atoms with E-state index in [1.165, 1.54) is 0 Å². The van der Waals surface area contributed by atoms with Crippen molar-refractivity contribution in [2.24, 2.45) is 5.92 Å². The van der Waals surface area contributed by atoms with Crippen LogP contribution in [0.2, 0.25) is 0 Å². The van der Waals surface area contributed by atoms with E-state index in [1.807, 2.05) is 12.1 Å². The molecule has 0 bridgehead atoms. The average molecular weight is 264 g/mol. The zero-order chi connectivity index (χ0) is 13.8. The maximum Gasteiger partial charge on any atom is 0.126 e. The molecule has 1 aliphatic heterocycles. The molecule has 2 nitrogen and oxygen atoms in total. The lowest BCUT2D eigenvalue weighted by Crippen LogP contribution is -2.57. The molecule has 1 saturated heterocycles. The second-order valence-corrected chi connectivity index (χ2v) is 5.96. The monoisotopic (exact) mass is 264 g/mol. The molecular formula is C16H25FN2. The largest absolute Gasteiger partial charge is 0.311 e. The summed E-state index contributed by atoms with van der Waals surface area (Å²) in [5.41, 5.74) is 0.830. The van der Waals surface area contributed by atoms with Gasteiger partial charge in [-0.2, -0.15) is 0 Å². The normalized spacial score (nSPS) is 24.9. The Morgan fingerprint density at radius 2 is 2.11 bits per heavy atom. The fraction of sp³-hybridized carbons (Fsp3) is 0.625. The van der Waals surface area contributed by atoms with Crippen LogP contribution in [0.4, 0.5) is 4.39 Å². The number of nitrogens with zero attached hydrogens (tertiary/aromatic N) is 1. The van der Waals surface area contributed by atoms with E-state index < -0.39 is 0 Å². The van der Waals surface area contributed by atoms with Crippen molar-refractivity contribution >= 4 is 0 Å². The Morgan fingerprint density at radius 1 is 1.37 bits per heavy atom. The number of halogens is 1. The van der Waals surface area contributed by atoms with Crippen LogP contribution >= 0.6 is 0 Å². The Hall–Kier alpha value is -0.930. The summed E-state index contributed by atoms with van der Waals surface area (Å²) < 4.78 is 13.6. The van der Waals surface area contributed by atoms with Crippen molar-refractivity contribution in [2.45, 2.75) is 39.3 Å². The van der Waals surface area contributed by atoms with Gasteiger partial charge in [-0.15, -0.1) is 0 Å². The number of nitrogens with one attached hydrogen (secondary N) is 1. The van der Waals surface area contributed by atoms with Crippen LogP contribution in [-0.4, -0.2) is 36.6 Å². The topological polar surface area (TPSA) is 15.3 Å². The zero-order valence-corrected chi connectivity index (χ0v) is 12.2. The van der Waals surface area contributed by atoms with Gasteiger partial charge in [0.25, 0.3) is 0 Å². The first-order chi connectivity index (χ1) is 9.08. The van der Waals surface area contributed by atoms with Gasteiger partial charge in [0, 0.05) is 31.7 Å². The quantitative estimate of drug-likeness (QED) is 0.899. The summed E-state index contributed by atoms with van der Waals surface area (Å²) in [5.74, 6) is 0.549. The third-order valence-electron chi connectivity index (χ3n) is 4.05.